The second-order valence-electron chi connectivity index (χ2n) is 4.41. The van der Waals surface area contributed by atoms with Crippen molar-refractivity contribution in [3.63, 3.8) is 0 Å². The van der Waals surface area contributed by atoms with E-state index in [-0.39, 0.29) is 0 Å². The molecule has 0 unspecified atom stereocenters. The number of rotatable bonds is 3. The highest BCUT2D eigenvalue weighted by Gasteiger charge is 2.21. The quantitative estimate of drug-likeness (QED) is 0.843. The van der Waals surface area contributed by atoms with E-state index in [1.165, 1.54) is 12.8 Å². The smallest absolute Gasteiger partial charge is 0.110 e. The minimum Gasteiger partial charge on any atom is -0.342 e. The van der Waals surface area contributed by atoms with E-state index in [4.69, 9.17) is 0 Å². The number of imidazole rings is 1. The summed E-state index contributed by atoms with van der Waals surface area (Å²) in [5.41, 5.74) is 1.91. The molecule has 1 fully saturated rings. The van der Waals surface area contributed by atoms with Gasteiger partial charge in [0, 0.05) is 5.92 Å². The van der Waals surface area contributed by atoms with E-state index in [1.807, 2.05) is 6.08 Å². The molecule has 0 aromatic carbocycles. The summed E-state index contributed by atoms with van der Waals surface area (Å²) in [6.45, 7) is 9.86. The molecule has 86 valence electrons. The minimum atomic E-state index is 0.559. The van der Waals surface area contributed by atoms with Crippen LogP contribution in [0, 0.1) is 0 Å². The van der Waals surface area contributed by atoms with Crippen LogP contribution in [0.3, 0.4) is 0 Å². The van der Waals surface area contributed by atoms with Gasteiger partial charge < -0.3 is 9.88 Å². The van der Waals surface area contributed by atoms with Crippen LogP contribution in [0.25, 0.3) is 12.2 Å². The number of piperidine rings is 1. The summed E-state index contributed by atoms with van der Waals surface area (Å²) in [6, 6.07) is 0. The lowest BCUT2D eigenvalue weighted by molar-refractivity contribution is 0.251. The van der Waals surface area contributed by atoms with Gasteiger partial charge in [-0.2, -0.15) is 0 Å². The topological polar surface area (TPSA) is 31.9 Å². The first-order valence-electron chi connectivity index (χ1n) is 5.78. The van der Waals surface area contributed by atoms with Crippen molar-refractivity contribution in [3.05, 3.63) is 30.4 Å². The Kier molecular flexibility index (Phi) is 3.25. The molecule has 1 aromatic rings. The molecule has 0 amide bonds. The van der Waals surface area contributed by atoms with Crippen LogP contribution in [0.15, 0.2) is 13.2 Å². The maximum absolute atomic E-state index is 4.58. The normalized spacial score (nSPS) is 18.6. The Labute approximate surface area is 96.9 Å². The van der Waals surface area contributed by atoms with E-state index >= 15 is 0 Å². The molecule has 0 spiro atoms. The zero-order valence-electron chi connectivity index (χ0n) is 9.87. The van der Waals surface area contributed by atoms with Crippen molar-refractivity contribution in [3.8, 4) is 0 Å². The summed E-state index contributed by atoms with van der Waals surface area (Å²) in [5.74, 6) is 1.65. The monoisotopic (exact) mass is 217 g/mol. The molecular formula is C13H19N3. The van der Waals surface area contributed by atoms with Gasteiger partial charge in [0.05, 0.1) is 11.4 Å². The van der Waals surface area contributed by atoms with Crippen LogP contribution in [0.5, 0.6) is 0 Å². The molecule has 3 heteroatoms. The van der Waals surface area contributed by atoms with Crippen molar-refractivity contribution in [1.29, 1.82) is 0 Å². The molecular weight excluding hydrogens is 198 g/mol. The number of aromatic amines is 1. The predicted molar refractivity (Wildman–Crippen MR) is 68.2 cm³/mol. The lowest BCUT2D eigenvalue weighted by Gasteiger charge is -2.27. The first-order chi connectivity index (χ1) is 7.74. The van der Waals surface area contributed by atoms with Crippen LogP contribution in [-0.2, 0) is 0 Å². The van der Waals surface area contributed by atoms with Crippen LogP contribution >= 0.6 is 0 Å². The molecule has 0 atom stereocenters. The third-order valence-corrected chi connectivity index (χ3v) is 3.28. The van der Waals surface area contributed by atoms with E-state index in [0.717, 1.165) is 30.3 Å². The van der Waals surface area contributed by atoms with Crippen molar-refractivity contribution in [2.45, 2.75) is 18.8 Å². The lowest BCUT2D eigenvalue weighted by atomic mass is 9.96. The molecule has 0 aliphatic carbocycles. The molecule has 1 aliphatic rings. The zero-order chi connectivity index (χ0) is 11.5. The van der Waals surface area contributed by atoms with Crippen molar-refractivity contribution in [2.75, 3.05) is 20.1 Å². The van der Waals surface area contributed by atoms with Crippen LogP contribution < -0.4 is 0 Å². The van der Waals surface area contributed by atoms with Gasteiger partial charge >= 0.3 is 0 Å². The maximum Gasteiger partial charge on any atom is 0.110 e. The number of hydrogen-bond donors (Lipinski definition) is 1. The molecule has 2 rings (SSSR count). The Morgan fingerprint density at radius 2 is 2.00 bits per heavy atom. The molecule has 0 radical (unpaired) electrons. The molecule has 1 aromatic heterocycles. The molecule has 1 aliphatic heterocycles. The Balaban J connectivity index is 2.17. The van der Waals surface area contributed by atoms with Crippen LogP contribution in [0.1, 0.15) is 36.0 Å². The third-order valence-electron chi connectivity index (χ3n) is 3.28. The number of nitrogens with one attached hydrogen (secondary N) is 1. The summed E-state index contributed by atoms with van der Waals surface area (Å²) in [4.78, 5) is 10.3. The van der Waals surface area contributed by atoms with Gasteiger partial charge in [-0.3, -0.25) is 0 Å². The highest BCUT2D eigenvalue weighted by Crippen LogP contribution is 2.26. The Morgan fingerprint density at radius 1 is 1.31 bits per heavy atom. The summed E-state index contributed by atoms with van der Waals surface area (Å²) in [6.07, 6.45) is 5.95. The maximum atomic E-state index is 4.58. The first kappa shape index (κ1) is 11.1. The number of hydrogen-bond acceptors (Lipinski definition) is 2. The predicted octanol–water partition coefficient (Wildman–Crippen LogP) is 2.50. The minimum absolute atomic E-state index is 0.559. The average molecular weight is 217 g/mol. The molecule has 0 saturated carbocycles. The number of H-pyrrole nitrogens is 1. The van der Waals surface area contributed by atoms with Gasteiger partial charge in [0.15, 0.2) is 0 Å². The zero-order valence-corrected chi connectivity index (χ0v) is 9.87. The van der Waals surface area contributed by atoms with Gasteiger partial charge in [-0.1, -0.05) is 13.2 Å². The van der Waals surface area contributed by atoms with Gasteiger partial charge in [-0.05, 0) is 45.1 Å². The fraction of sp³-hybridized carbons (Fsp3) is 0.462. The van der Waals surface area contributed by atoms with E-state index in [9.17, 15) is 0 Å². The molecule has 3 nitrogen and oxygen atoms in total. The Morgan fingerprint density at radius 3 is 2.50 bits per heavy atom. The highest BCUT2D eigenvalue weighted by atomic mass is 15.1. The second-order valence-corrected chi connectivity index (χ2v) is 4.41. The largest absolute Gasteiger partial charge is 0.342 e. The Hall–Kier alpha value is -1.35. The number of aromatic nitrogens is 2. The summed E-state index contributed by atoms with van der Waals surface area (Å²) < 4.78 is 0. The molecule has 1 saturated heterocycles. The van der Waals surface area contributed by atoms with E-state index < -0.39 is 0 Å². The van der Waals surface area contributed by atoms with Gasteiger partial charge in [-0.25, -0.2) is 4.98 Å². The fourth-order valence-corrected chi connectivity index (χ4v) is 2.21. The average Bonchev–Trinajstić information content (AvgIpc) is 2.73. The second kappa shape index (κ2) is 4.66. The van der Waals surface area contributed by atoms with Crippen molar-refractivity contribution >= 4 is 12.2 Å². The van der Waals surface area contributed by atoms with Crippen molar-refractivity contribution in [2.24, 2.45) is 0 Å². The first-order valence-corrected chi connectivity index (χ1v) is 5.78. The molecule has 0 bridgehead atoms. The van der Waals surface area contributed by atoms with Crippen LogP contribution in [0.4, 0.5) is 0 Å². The Bertz CT molecular complexity index is 358. The van der Waals surface area contributed by atoms with Gasteiger partial charge in [0.2, 0.25) is 0 Å². The van der Waals surface area contributed by atoms with E-state index in [0.29, 0.717) is 5.92 Å². The third kappa shape index (κ3) is 2.09. The summed E-state index contributed by atoms with van der Waals surface area (Å²) >= 11 is 0. The molecule has 1 N–H and O–H groups in total. The van der Waals surface area contributed by atoms with Gasteiger partial charge in [0.25, 0.3) is 0 Å². The van der Waals surface area contributed by atoms with E-state index in [1.54, 1.807) is 6.08 Å². The van der Waals surface area contributed by atoms with Gasteiger partial charge in [0.1, 0.15) is 5.82 Å². The fourth-order valence-electron chi connectivity index (χ4n) is 2.21. The summed E-state index contributed by atoms with van der Waals surface area (Å²) in [7, 11) is 2.17. The van der Waals surface area contributed by atoms with Crippen molar-refractivity contribution in [1.82, 2.24) is 14.9 Å². The highest BCUT2D eigenvalue weighted by molar-refractivity contribution is 5.57. The standard InChI is InChI=1S/C13H19N3/c1-4-11-12(5-2)15-13(14-11)10-6-8-16(3)9-7-10/h4-5,10H,1-2,6-9H2,3H3,(H,14,15). The SMILES string of the molecule is C=Cc1nc(C2CCN(C)CC2)[nH]c1C=C. The van der Waals surface area contributed by atoms with Crippen LogP contribution in [-0.4, -0.2) is 35.0 Å². The van der Waals surface area contributed by atoms with Crippen molar-refractivity contribution < 1.29 is 0 Å². The number of likely N-dealkylation sites (tertiary alicyclic amines) is 1. The van der Waals surface area contributed by atoms with Crippen LogP contribution in [0.2, 0.25) is 0 Å². The van der Waals surface area contributed by atoms with E-state index in [2.05, 4.69) is 35.1 Å². The summed E-state index contributed by atoms with van der Waals surface area (Å²) in [5, 5.41) is 0. The lowest BCUT2D eigenvalue weighted by Crippen LogP contribution is -2.29. The molecule has 2 heterocycles. The molecule has 16 heavy (non-hydrogen) atoms. The number of nitrogens with zero attached hydrogens (tertiary/aromatic N) is 2. The van der Waals surface area contributed by atoms with Gasteiger partial charge in [-0.15, -0.1) is 0 Å².